The standard InChI is InChI=1S/C50H64FN7O9/c1-10-57-40-16-15-32-25-36(40)37(43(57)35-13-11-18-52-41(35)30(4)65-8)26-49(5,6)28-67-46(62)38-14-12-19-58(54-38)45(61)39(23-31-21-33(32)24-34(59)22-31)53-44(60)42(29(2)3)55(7)47(63)50(51)17-20-56(27-50)48(64)66-9/h11,13,15-16,18,21-22,24-25,29-30,38-39,42,54,59H,10,12,14,17,19-20,23,26-28H2,1-9H3,(H,53,60)/t30-,38-,39-,42?,50+/m0/s1. The molecule has 6 bridgehead atoms. The summed E-state index contributed by atoms with van der Waals surface area (Å²) in [6.07, 6.45) is 1.69. The number of carbonyl (C=O) groups is 5. The van der Waals surface area contributed by atoms with Crippen LogP contribution in [0.2, 0.25) is 0 Å². The first-order valence-electron chi connectivity index (χ1n) is 23.1. The summed E-state index contributed by atoms with van der Waals surface area (Å²) in [5, 5.41) is 16.5. The van der Waals surface area contributed by atoms with Crippen molar-refractivity contribution in [2.75, 3.05) is 47.5 Å². The van der Waals surface area contributed by atoms with E-state index in [9.17, 15) is 29.1 Å². The summed E-state index contributed by atoms with van der Waals surface area (Å²) in [6, 6.07) is 11.8. The van der Waals surface area contributed by atoms with Crippen molar-refractivity contribution in [3.63, 3.8) is 0 Å². The lowest BCUT2D eigenvalue weighted by Crippen LogP contribution is -2.62. The van der Waals surface area contributed by atoms with Gasteiger partial charge in [0.1, 0.15) is 23.9 Å². The molecule has 2 aromatic heterocycles. The average molecular weight is 926 g/mol. The number of phenols is 1. The predicted molar refractivity (Wildman–Crippen MR) is 249 cm³/mol. The van der Waals surface area contributed by atoms with Crippen molar-refractivity contribution in [3.05, 3.63) is 71.5 Å². The average Bonchev–Trinajstić information content (AvgIpc) is 3.86. The Morgan fingerprint density at radius 2 is 1.84 bits per heavy atom. The van der Waals surface area contributed by atoms with Crippen LogP contribution in [0.25, 0.3) is 33.3 Å². The molecule has 17 heteroatoms. The summed E-state index contributed by atoms with van der Waals surface area (Å²) in [5.74, 6) is -3.36. The Morgan fingerprint density at radius 3 is 2.54 bits per heavy atom. The van der Waals surface area contributed by atoms with E-state index in [0.29, 0.717) is 36.9 Å². The van der Waals surface area contributed by atoms with Gasteiger partial charge in [-0.05, 0) is 97.7 Å². The number of hydrogen-bond donors (Lipinski definition) is 3. The highest BCUT2D eigenvalue weighted by atomic mass is 19.1. The number of hydrazine groups is 1. The predicted octanol–water partition coefficient (Wildman–Crippen LogP) is 6.12. The molecule has 5 atom stereocenters. The number of pyridine rings is 1. The topological polar surface area (TPSA) is 185 Å². The number of carbonyl (C=O) groups excluding carboxylic acids is 5. The van der Waals surface area contributed by atoms with Crippen molar-refractivity contribution in [1.82, 2.24) is 35.1 Å². The molecule has 0 aliphatic carbocycles. The quantitative estimate of drug-likeness (QED) is 0.165. The van der Waals surface area contributed by atoms with E-state index in [1.54, 1.807) is 33.2 Å². The molecule has 1 unspecified atom stereocenters. The number of cyclic esters (lactones) is 1. The fraction of sp³-hybridized carbons (Fsp3) is 0.520. The highest BCUT2D eigenvalue weighted by molar-refractivity contribution is 5.96. The van der Waals surface area contributed by atoms with E-state index in [1.165, 1.54) is 25.2 Å². The number of aryl methyl sites for hydroxylation is 1. The third-order valence-corrected chi connectivity index (χ3v) is 13.4. The number of likely N-dealkylation sites (tertiary alicyclic amines) is 1. The number of methoxy groups -OCH3 is 2. The van der Waals surface area contributed by atoms with E-state index in [2.05, 4.69) is 54.3 Å². The van der Waals surface area contributed by atoms with E-state index in [1.807, 2.05) is 25.1 Å². The number of alkyl halides is 1. The van der Waals surface area contributed by atoms with Crippen LogP contribution in [0.4, 0.5) is 9.18 Å². The second-order valence-electron chi connectivity index (χ2n) is 19.2. The van der Waals surface area contributed by atoms with Gasteiger partial charge in [0, 0.05) is 74.7 Å². The van der Waals surface area contributed by atoms with Gasteiger partial charge in [0.05, 0.1) is 37.8 Å². The lowest BCUT2D eigenvalue weighted by Gasteiger charge is -2.37. The molecule has 3 aliphatic rings. The van der Waals surface area contributed by atoms with E-state index in [-0.39, 0.29) is 44.4 Å². The Hall–Kier alpha value is -6.07. The Bertz CT molecular complexity index is 2540. The maximum absolute atomic E-state index is 16.3. The largest absolute Gasteiger partial charge is 0.508 e. The zero-order valence-corrected chi connectivity index (χ0v) is 40.0. The van der Waals surface area contributed by atoms with Crippen molar-refractivity contribution in [3.8, 4) is 28.1 Å². The molecule has 3 aliphatic heterocycles. The van der Waals surface area contributed by atoms with Crippen molar-refractivity contribution in [2.24, 2.45) is 11.3 Å². The van der Waals surface area contributed by atoms with E-state index in [4.69, 9.17) is 19.2 Å². The number of hydrogen-bond acceptors (Lipinski definition) is 11. The molecule has 2 fully saturated rings. The molecule has 2 saturated heterocycles. The van der Waals surface area contributed by atoms with Crippen LogP contribution in [0.1, 0.15) is 83.7 Å². The zero-order chi connectivity index (χ0) is 48.5. The normalized spacial score (nSPS) is 22.0. The van der Waals surface area contributed by atoms with Gasteiger partial charge >= 0.3 is 12.1 Å². The Kier molecular flexibility index (Phi) is 14.3. The molecule has 67 heavy (non-hydrogen) atoms. The van der Waals surface area contributed by atoms with Crippen LogP contribution < -0.4 is 10.7 Å². The number of halogens is 1. The number of nitrogens with zero attached hydrogens (tertiary/aromatic N) is 5. The van der Waals surface area contributed by atoms with Gasteiger partial charge in [-0.1, -0.05) is 39.8 Å². The molecule has 4 amide bonds. The number of benzene rings is 2. The molecule has 4 aromatic rings. The van der Waals surface area contributed by atoms with Crippen molar-refractivity contribution in [2.45, 2.75) is 110 Å². The van der Waals surface area contributed by atoms with E-state index < -0.39 is 71.5 Å². The monoisotopic (exact) mass is 925 g/mol. The maximum Gasteiger partial charge on any atom is 0.409 e. The van der Waals surface area contributed by atoms with Gasteiger partial charge < -0.3 is 39.0 Å². The molecule has 5 heterocycles. The van der Waals surface area contributed by atoms with Gasteiger partial charge in [0.25, 0.3) is 11.8 Å². The first-order chi connectivity index (χ1) is 31.8. The summed E-state index contributed by atoms with van der Waals surface area (Å²) in [6.45, 7) is 11.9. The van der Waals surface area contributed by atoms with Crippen molar-refractivity contribution < 1.29 is 47.7 Å². The third-order valence-electron chi connectivity index (χ3n) is 13.4. The molecule has 0 saturated carbocycles. The van der Waals surface area contributed by atoms with Crippen molar-refractivity contribution >= 4 is 40.7 Å². The van der Waals surface area contributed by atoms with E-state index in [0.717, 1.165) is 48.8 Å². The van der Waals surface area contributed by atoms with Crippen LogP contribution in [0.15, 0.2) is 54.7 Å². The molecular weight excluding hydrogens is 862 g/mol. The summed E-state index contributed by atoms with van der Waals surface area (Å²) < 4.78 is 35.2. The fourth-order valence-electron chi connectivity index (χ4n) is 9.92. The number of ether oxygens (including phenoxy) is 3. The van der Waals surface area contributed by atoms with Gasteiger partial charge in [-0.25, -0.2) is 14.6 Å². The Labute approximate surface area is 391 Å². The summed E-state index contributed by atoms with van der Waals surface area (Å²) in [7, 11) is 4.16. The van der Waals surface area contributed by atoms with Crippen LogP contribution in [0.3, 0.4) is 0 Å². The molecule has 360 valence electrons. The molecule has 7 rings (SSSR count). The number of rotatable bonds is 9. The first-order valence-corrected chi connectivity index (χ1v) is 23.1. The second kappa shape index (κ2) is 19.6. The minimum atomic E-state index is -2.46. The highest BCUT2D eigenvalue weighted by Crippen LogP contribution is 2.42. The summed E-state index contributed by atoms with van der Waals surface area (Å²) in [5.41, 5.74) is 6.72. The summed E-state index contributed by atoms with van der Waals surface area (Å²) in [4.78, 5) is 76.0. The number of amides is 4. The van der Waals surface area contributed by atoms with Crippen LogP contribution in [0.5, 0.6) is 5.75 Å². The number of nitrogens with one attached hydrogen (secondary N) is 2. The lowest BCUT2D eigenvalue weighted by molar-refractivity contribution is -0.155. The summed E-state index contributed by atoms with van der Waals surface area (Å²) >= 11 is 0. The number of esters is 1. The minimum Gasteiger partial charge on any atom is -0.508 e. The first kappa shape index (κ1) is 48.9. The van der Waals surface area contributed by atoms with Crippen molar-refractivity contribution in [1.29, 1.82) is 0 Å². The molecular formula is C50H64FN7O9. The van der Waals surface area contributed by atoms with E-state index >= 15 is 4.39 Å². The lowest BCUT2D eigenvalue weighted by atomic mass is 9.84. The smallest absolute Gasteiger partial charge is 0.409 e. The number of aromatic nitrogens is 2. The number of fused-ring (bicyclic) bond motifs is 6. The molecule has 3 N–H and O–H groups in total. The number of aromatic hydroxyl groups is 1. The van der Waals surface area contributed by atoms with Crippen LogP contribution >= 0.6 is 0 Å². The Morgan fingerprint density at radius 1 is 1.07 bits per heavy atom. The number of phenolic OH excluding ortho intramolecular Hbond substituents is 1. The third kappa shape index (κ3) is 9.98. The minimum absolute atomic E-state index is 0.0408. The van der Waals surface area contributed by atoms with Gasteiger partial charge in [-0.2, -0.15) is 0 Å². The van der Waals surface area contributed by atoms with Gasteiger partial charge in [0.2, 0.25) is 11.6 Å². The zero-order valence-electron chi connectivity index (χ0n) is 40.0. The molecule has 0 spiro atoms. The molecule has 2 aromatic carbocycles. The highest BCUT2D eigenvalue weighted by Gasteiger charge is 2.50. The van der Waals surface area contributed by atoms with Crippen LogP contribution in [-0.2, 0) is 52.8 Å². The van der Waals surface area contributed by atoms with Gasteiger partial charge in [-0.3, -0.25) is 29.2 Å². The molecule has 16 nitrogen and oxygen atoms in total. The second-order valence-corrected chi connectivity index (χ2v) is 19.2. The van der Waals surface area contributed by atoms with Gasteiger partial charge in [-0.15, -0.1) is 0 Å². The van der Waals surface area contributed by atoms with Gasteiger partial charge in [0.15, 0.2) is 0 Å². The molecule has 0 radical (unpaired) electrons. The Balaban J connectivity index is 1.31. The van der Waals surface area contributed by atoms with Crippen LogP contribution in [0, 0.1) is 11.3 Å². The fourth-order valence-corrected chi connectivity index (χ4v) is 9.92. The SMILES string of the molecule is CCn1c(-c2cccnc2[C@H](C)OC)c2c3cc(ccc31)-c1cc(O)cc(c1)C[C@H](NC(=O)C(C(C)C)N(C)C(=O)[C@@]1(F)CCN(C(=O)OC)C1)C(=O)N1CCC[C@H](N1)C(=O)OCC(C)(C)C2. The number of likely N-dealkylation sites (N-methyl/N-ethyl adjacent to an activating group) is 1. The maximum atomic E-state index is 16.3. The van der Waals surface area contributed by atoms with Crippen LogP contribution in [-0.4, -0.2) is 131 Å².